The van der Waals surface area contributed by atoms with Crippen molar-refractivity contribution < 1.29 is 4.79 Å². The second-order valence-electron chi connectivity index (χ2n) is 6.74. The standard InChI is InChI=1S/C23H21N3O/c1-16-8-7-10-18(14-16)23-25-20-12-5-6-13-21(20)26(23)15-22(27)24-19-11-4-3-9-17(19)2/h3-14H,15H2,1-2H3,(H,24,27). The van der Waals surface area contributed by atoms with Crippen LogP contribution in [0.1, 0.15) is 11.1 Å². The van der Waals surface area contributed by atoms with E-state index >= 15 is 0 Å². The van der Waals surface area contributed by atoms with Crippen LogP contribution in [0.15, 0.2) is 72.8 Å². The van der Waals surface area contributed by atoms with Gasteiger partial charge in [-0.05, 0) is 43.7 Å². The van der Waals surface area contributed by atoms with E-state index in [-0.39, 0.29) is 12.5 Å². The molecule has 0 aliphatic heterocycles. The van der Waals surface area contributed by atoms with Crippen LogP contribution < -0.4 is 5.32 Å². The molecule has 0 unspecified atom stereocenters. The number of imidazole rings is 1. The van der Waals surface area contributed by atoms with Gasteiger partial charge in [-0.25, -0.2) is 4.98 Å². The first-order chi connectivity index (χ1) is 13.1. The van der Waals surface area contributed by atoms with E-state index in [1.54, 1.807) is 0 Å². The van der Waals surface area contributed by atoms with E-state index in [9.17, 15) is 4.79 Å². The minimum atomic E-state index is -0.0682. The van der Waals surface area contributed by atoms with Gasteiger partial charge in [-0.2, -0.15) is 0 Å². The number of amides is 1. The molecule has 1 aromatic heterocycles. The molecule has 0 aliphatic carbocycles. The van der Waals surface area contributed by atoms with Gasteiger partial charge in [0.1, 0.15) is 12.4 Å². The first-order valence-corrected chi connectivity index (χ1v) is 8.99. The zero-order valence-electron chi connectivity index (χ0n) is 15.4. The van der Waals surface area contributed by atoms with E-state index in [0.29, 0.717) is 0 Å². The average Bonchev–Trinajstić information content (AvgIpc) is 3.02. The predicted octanol–water partition coefficient (Wildman–Crippen LogP) is 4.96. The molecule has 27 heavy (non-hydrogen) atoms. The summed E-state index contributed by atoms with van der Waals surface area (Å²) in [7, 11) is 0. The van der Waals surface area contributed by atoms with Crippen molar-refractivity contribution in [3.8, 4) is 11.4 Å². The Labute approximate surface area is 158 Å². The predicted molar refractivity (Wildman–Crippen MR) is 110 cm³/mol. The molecule has 0 atom stereocenters. The van der Waals surface area contributed by atoms with Gasteiger partial charge < -0.3 is 9.88 Å². The molecule has 0 bridgehead atoms. The van der Waals surface area contributed by atoms with E-state index in [1.807, 2.05) is 72.2 Å². The van der Waals surface area contributed by atoms with Gasteiger partial charge in [-0.1, -0.05) is 54.1 Å². The zero-order chi connectivity index (χ0) is 18.8. The lowest BCUT2D eigenvalue weighted by atomic mass is 10.1. The summed E-state index contributed by atoms with van der Waals surface area (Å²) in [4.78, 5) is 17.6. The third-order valence-electron chi connectivity index (χ3n) is 4.65. The third kappa shape index (κ3) is 3.47. The second kappa shape index (κ2) is 7.08. The van der Waals surface area contributed by atoms with Crippen LogP contribution >= 0.6 is 0 Å². The van der Waals surface area contributed by atoms with Crippen molar-refractivity contribution in [3.63, 3.8) is 0 Å². The summed E-state index contributed by atoms with van der Waals surface area (Å²) in [5.41, 5.74) is 5.89. The molecule has 1 amide bonds. The Morgan fingerprint density at radius 2 is 1.74 bits per heavy atom. The number of para-hydroxylation sites is 3. The summed E-state index contributed by atoms with van der Waals surface area (Å²) >= 11 is 0. The highest BCUT2D eigenvalue weighted by Gasteiger charge is 2.15. The van der Waals surface area contributed by atoms with Crippen LogP contribution in [0.3, 0.4) is 0 Å². The normalized spacial score (nSPS) is 10.9. The van der Waals surface area contributed by atoms with Crippen molar-refractivity contribution in [1.82, 2.24) is 9.55 Å². The molecule has 4 heteroatoms. The van der Waals surface area contributed by atoms with Crippen LogP contribution in [0, 0.1) is 13.8 Å². The number of hydrogen-bond donors (Lipinski definition) is 1. The summed E-state index contributed by atoms with van der Waals surface area (Å²) in [6.07, 6.45) is 0. The molecule has 0 spiro atoms. The quantitative estimate of drug-likeness (QED) is 0.562. The number of carbonyl (C=O) groups excluding carboxylic acids is 1. The number of carbonyl (C=O) groups is 1. The van der Waals surface area contributed by atoms with E-state index in [0.717, 1.165) is 39.2 Å². The fourth-order valence-corrected chi connectivity index (χ4v) is 3.29. The van der Waals surface area contributed by atoms with Crippen LogP contribution in [-0.2, 0) is 11.3 Å². The van der Waals surface area contributed by atoms with E-state index < -0.39 is 0 Å². The number of rotatable bonds is 4. The molecule has 0 saturated carbocycles. The summed E-state index contributed by atoms with van der Waals surface area (Å²) in [6, 6.07) is 23.9. The van der Waals surface area contributed by atoms with Gasteiger partial charge in [0.2, 0.25) is 5.91 Å². The molecule has 0 radical (unpaired) electrons. The van der Waals surface area contributed by atoms with Gasteiger partial charge in [0, 0.05) is 11.3 Å². The SMILES string of the molecule is Cc1cccc(-c2nc3ccccc3n2CC(=O)Nc2ccccc2C)c1. The van der Waals surface area contributed by atoms with Crippen LogP contribution in [0.2, 0.25) is 0 Å². The van der Waals surface area contributed by atoms with Crippen LogP contribution in [0.4, 0.5) is 5.69 Å². The molecule has 4 aromatic rings. The number of anilines is 1. The molecule has 4 rings (SSSR count). The van der Waals surface area contributed by atoms with Crippen LogP contribution in [0.5, 0.6) is 0 Å². The Hall–Kier alpha value is -3.40. The second-order valence-corrected chi connectivity index (χ2v) is 6.74. The minimum absolute atomic E-state index is 0.0682. The molecular weight excluding hydrogens is 334 g/mol. The van der Waals surface area contributed by atoms with Gasteiger partial charge in [-0.15, -0.1) is 0 Å². The van der Waals surface area contributed by atoms with Gasteiger partial charge >= 0.3 is 0 Å². The summed E-state index contributed by atoms with van der Waals surface area (Å²) < 4.78 is 1.98. The highest BCUT2D eigenvalue weighted by molar-refractivity contribution is 5.93. The van der Waals surface area contributed by atoms with Crippen LogP contribution in [-0.4, -0.2) is 15.5 Å². The topological polar surface area (TPSA) is 46.9 Å². The Balaban J connectivity index is 1.73. The minimum Gasteiger partial charge on any atom is -0.324 e. The summed E-state index contributed by atoms with van der Waals surface area (Å²) in [5.74, 6) is 0.737. The number of aromatic nitrogens is 2. The maximum atomic E-state index is 12.8. The Bertz CT molecular complexity index is 1130. The van der Waals surface area contributed by atoms with Crippen molar-refractivity contribution in [3.05, 3.63) is 83.9 Å². The Morgan fingerprint density at radius 1 is 0.963 bits per heavy atom. The van der Waals surface area contributed by atoms with Crippen LogP contribution in [0.25, 0.3) is 22.4 Å². The van der Waals surface area contributed by atoms with Crippen molar-refractivity contribution >= 4 is 22.6 Å². The molecule has 0 saturated heterocycles. The number of benzene rings is 3. The van der Waals surface area contributed by atoms with Crippen molar-refractivity contribution in [1.29, 1.82) is 0 Å². The Kier molecular flexibility index (Phi) is 4.47. The highest BCUT2D eigenvalue weighted by Crippen LogP contribution is 2.25. The molecule has 1 heterocycles. The van der Waals surface area contributed by atoms with E-state index in [1.165, 1.54) is 0 Å². The largest absolute Gasteiger partial charge is 0.324 e. The number of fused-ring (bicyclic) bond motifs is 1. The fourth-order valence-electron chi connectivity index (χ4n) is 3.29. The Morgan fingerprint density at radius 3 is 2.56 bits per heavy atom. The fraction of sp³-hybridized carbons (Fsp3) is 0.130. The average molecular weight is 355 g/mol. The lowest BCUT2D eigenvalue weighted by molar-refractivity contribution is -0.116. The zero-order valence-corrected chi connectivity index (χ0v) is 15.4. The van der Waals surface area contributed by atoms with Gasteiger partial charge in [0.15, 0.2) is 0 Å². The molecular formula is C23H21N3O. The van der Waals surface area contributed by atoms with Gasteiger partial charge in [0.05, 0.1) is 11.0 Å². The highest BCUT2D eigenvalue weighted by atomic mass is 16.1. The molecule has 3 aromatic carbocycles. The van der Waals surface area contributed by atoms with Gasteiger partial charge in [0.25, 0.3) is 0 Å². The third-order valence-corrected chi connectivity index (χ3v) is 4.65. The molecule has 0 aliphatic rings. The summed E-state index contributed by atoms with van der Waals surface area (Å²) in [5, 5.41) is 3.02. The molecule has 1 N–H and O–H groups in total. The van der Waals surface area contributed by atoms with E-state index in [4.69, 9.17) is 4.98 Å². The maximum absolute atomic E-state index is 12.8. The maximum Gasteiger partial charge on any atom is 0.244 e. The number of nitrogens with zero attached hydrogens (tertiary/aromatic N) is 2. The smallest absolute Gasteiger partial charge is 0.244 e. The lowest BCUT2D eigenvalue weighted by Gasteiger charge is -2.12. The number of hydrogen-bond acceptors (Lipinski definition) is 2. The lowest BCUT2D eigenvalue weighted by Crippen LogP contribution is -2.19. The first kappa shape index (κ1) is 17.0. The molecule has 4 nitrogen and oxygen atoms in total. The van der Waals surface area contributed by atoms with Gasteiger partial charge in [-0.3, -0.25) is 4.79 Å². The van der Waals surface area contributed by atoms with Crippen molar-refractivity contribution in [2.24, 2.45) is 0 Å². The first-order valence-electron chi connectivity index (χ1n) is 8.99. The molecule has 134 valence electrons. The number of nitrogens with one attached hydrogen (secondary N) is 1. The molecule has 0 fully saturated rings. The van der Waals surface area contributed by atoms with E-state index in [2.05, 4.69) is 24.4 Å². The monoisotopic (exact) mass is 355 g/mol. The summed E-state index contributed by atoms with van der Waals surface area (Å²) in [6.45, 7) is 4.25. The van der Waals surface area contributed by atoms with Crippen molar-refractivity contribution in [2.45, 2.75) is 20.4 Å². The van der Waals surface area contributed by atoms with Crippen molar-refractivity contribution in [2.75, 3.05) is 5.32 Å². The number of aryl methyl sites for hydroxylation is 2.